The minimum atomic E-state index is -1.04. The van der Waals surface area contributed by atoms with Gasteiger partial charge < -0.3 is 24.1 Å². The van der Waals surface area contributed by atoms with E-state index >= 15 is 0 Å². The molecule has 1 N–H and O–H groups in total. The molecule has 6 atom stereocenters. The van der Waals surface area contributed by atoms with Gasteiger partial charge in [-0.25, -0.2) is 0 Å². The van der Waals surface area contributed by atoms with Crippen molar-refractivity contribution in [3.63, 3.8) is 0 Å². The molecular formula is C12H16O6. The van der Waals surface area contributed by atoms with Gasteiger partial charge in [-0.05, 0) is 0 Å². The molecule has 1 aliphatic carbocycles. The van der Waals surface area contributed by atoms with E-state index in [1.807, 2.05) is 6.08 Å². The normalized spacial score (nSPS) is 49.2. The van der Waals surface area contributed by atoms with E-state index in [1.54, 1.807) is 6.08 Å². The third-order valence-corrected chi connectivity index (χ3v) is 4.05. The molecule has 2 saturated heterocycles. The van der Waals surface area contributed by atoms with E-state index in [2.05, 4.69) is 0 Å². The average molecular weight is 256 g/mol. The molecule has 0 saturated carbocycles. The van der Waals surface area contributed by atoms with Crippen LogP contribution in [0, 0.1) is 17.8 Å². The SMILES string of the molecule is COC(=O)[C@@H]1[C@H](OC)O[C@@H]2OC[C@]3(O)C=C[C@H]1[C@H]23. The molecule has 6 heteroatoms. The maximum Gasteiger partial charge on any atom is 0.314 e. The van der Waals surface area contributed by atoms with Gasteiger partial charge in [-0.15, -0.1) is 0 Å². The molecule has 0 amide bonds. The summed E-state index contributed by atoms with van der Waals surface area (Å²) in [7, 11) is 2.80. The summed E-state index contributed by atoms with van der Waals surface area (Å²) in [5.74, 6) is -1.43. The first kappa shape index (κ1) is 12.1. The summed E-state index contributed by atoms with van der Waals surface area (Å²) in [6.07, 6.45) is 2.28. The molecule has 3 rings (SSSR count). The smallest absolute Gasteiger partial charge is 0.314 e. The second-order valence-corrected chi connectivity index (χ2v) is 4.92. The Morgan fingerprint density at radius 1 is 1.50 bits per heavy atom. The molecule has 0 unspecified atom stereocenters. The van der Waals surface area contributed by atoms with Gasteiger partial charge in [-0.3, -0.25) is 4.79 Å². The van der Waals surface area contributed by atoms with Crippen LogP contribution in [0.2, 0.25) is 0 Å². The van der Waals surface area contributed by atoms with Gasteiger partial charge in [0.1, 0.15) is 11.5 Å². The van der Waals surface area contributed by atoms with Crippen LogP contribution >= 0.6 is 0 Å². The van der Waals surface area contributed by atoms with Crippen molar-refractivity contribution in [3.05, 3.63) is 12.2 Å². The van der Waals surface area contributed by atoms with Gasteiger partial charge >= 0.3 is 5.97 Å². The van der Waals surface area contributed by atoms with Crippen LogP contribution in [0.5, 0.6) is 0 Å². The first-order valence-electron chi connectivity index (χ1n) is 5.90. The third-order valence-electron chi connectivity index (χ3n) is 4.05. The molecule has 2 heterocycles. The van der Waals surface area contributed by atoms with Gasteiger partial charge in [0.15, 0.2) is 12.6 Å². The summed E-state index contributed by atoms with van der Waals surface area (Å²) in [5, 5.41) is 10.4. The molecule has 18 heavy (non-hydrogen) atoms. The topological polar surface area (TPSA) is 74.2 Å². The van der Waals surface area contributed by atoms with E-state index in [1.165, 1.54) is 14.2 Å². The Morgan fingerprint density at radius 2 is 2.28 bits per heavy atom. The lowest BCUT2D eigenvalue weighted by Crippen LogP contribution is -2.52. The van der Waals surface area contributed by atoms with Crippen LogP contribution in [0.15, 0.2) is 12.2 Å². The maximum absolute atomic E-state index is 11.9. The molecule has 0 radical (unpaired) electrons. The van der Waals surface area contributed by atoms with Crippen molar-refractivity contribution in [1.82, 2.24) is 0 Å². The molecule has 100 valence electrons. The van der Waals surface area contributed by atoms with Crippen molar-refractivity contribution in [1.29, 1.82) is 0 Å². The Hall–Kier alpha value is -0.950. The van der Waals surface area contributed by atoms with Crippen molar-refractivity contribution in [3.8, 4) is 0 Å². The Bertz CT molecular complexity index is 394. The van der Waals surface area contributed by atoms with E-state index in [4.69, 9.17) is 18.9 Å². The van der Waals surface area contributed by atoms with Crippen LogP contribution in [-0.4, -0.2) is 50.1 Å². The zero-order valence-corrected chi connectivity index (χ0v) is 10.2. The molecule has 6 nitrogen and oxygen atoms in total. The number of hydrogen-bond donors (Lipinski definition) is 1. The molecule has 0 spiro atoms. The Morgan fingerprint density at radius 3 is 2.94 bits per heavy atom. The van der Waals surface area contributed by atoms with Gasteiger partial charge in [0.05, 0.1) is 19.6 Å². The number of allylic oxidation sites excluding steroid dienone is 1. The van der Waals surface area contributed by atoms with E-state index < -0.39 is 30.1 Å². The lowest BCUT2D eigenvalue weighted by atomic mass is 9.77. The molecule has 2 fully saturated rings. The predicted molar refractivity (Wildman–Crippen MR) is 58.2 cm³/mol. The molecular weight excluding hydrogens is 240 g/mol. The Labute approximate surface area is 104 Å². The third kappa shape index (κ3) is 1.46. The number of methoxy groups -OCH3 is 2. The molecule has 0 bridgehead atoms. The summed E-state index contributed by atoms with van der Waals surface area (Å²) >= 11 is 0. The molecule has 0 aromatic carbocycles. The number of carbonyl (C=O) groups excluding carboxylic acids is 1. The van der Waals surface area contributed by atoms with Gasteiger partial charge in [-0.1, -0.05) is 12.2 Å². The summed E-state index contributed by atoms with van der Waals surface area (Å²) in [5.41, 5.74) is -1.04. The van der Waals surface area contributed by atoms with Crippen molar-refractivity contribution in [2.75, 3.05) is 20.8 Å². The molecule has 3 aliphatic rings. The van der Waals surface area contributed by atoms with Gasteiger partial charge in [0.25, 0.3) is 0 Å². The van der Waals surface area contributed by atoms with E-state index in [-0.39, 0.29) is 18.4 Å². The first-order chi connectivity index (χ1) is 8.60. The fraction of sp³-hybridized carbons (Fsp3) is 0.750. The minimum absolute atomic E-state index is 0.180. The van der Waals surface area contributed by atoms with Crippen LogP contribution < -0.4 is 0 Å². The van der Waals surface area contributed by atoms with Crippen molar-refractivity contribution in [2.24, 2.45) is 17.8 Å². The fourth-order valence-electron chi connectivity index (χ4n) is 3.19. The largest absolute Gasteiger partial charge is 0.469 e. The number of rotatable bonds is 2. The standard InChI is InChI=1S/C12H16O6/c1-15-9(13)7-6-3-4-12(14)5-17-11(8(6)12)18-10(7)16-2/h3-4,6-8,10-11,14H,5H2,1-2H3/t6-,7-,8-,10-,11+,12-/m1/s1. The average Bonchev–Trinajstić information content (AvgIpc) is 2.89. The number of carbonyl (C=O) groups is 1. The first-order valence-corrected chi connectivity index (χ1v) is 5.90. The Kier molecular flexibility index (Phi) is 2.71. The van der Waals surface area contributed by atoms with E-state index in [0.717, 1.165) is 0 Å². The summed E-state index contributed by atoms with van der Waals surface area (Å²) in [4.78, 5) is 11.9. The highest BCUT2D eigenvalue weighted by molar-refractivity contribution is 5.74. The monoisotopic (exact) mass is 256 g/mol. The number of hydrogen-bond acceptors (Lipinski definition) is 6. The lowest BCUT2D eigenvalue weighted by molar-refractivity contribution is -0.288. The zero-order valence-electron chi connectivity index (χ0n) is 10.2. The van der Waals surface area contributed by atoms with Gasteiger partial charge in [0.2, 0.25) is 0 Å². The second-order valence-electron chi connectivity index (χ2n) is 4.92. The van der Waals surface area contributed by atoms with Crippen LogP contribution in [0.1, 0.15) is 0 Å². The van der Waals surface area contributed by atoms with Gasteiger partial charge in [0, 0.05) is 13.0 Å². The molecule has 0 aromatic heterocycles. The highest BCUT2D eigenvalue weighted by Gasteiger charge is 2.62. The van der Waals surface area contributed by atoms with Crippen LogP contribution in [-0.2, 0) is 23.7 Å². The van der Waals surface area contributed by atoms with Crippen molar-refractivity contribution < 1.29 is 28.8 Å². The van der Waals surface area contributed by atoms with E-state index in [9.17, 15) is 9.90 Å². The number of aliphatic hydroxyl groups is 1. The summed E-state index contributed by atoms with van der Waals surface area (Å²) in [6, 6.07) is 0. The van der Waals surface area contributed by atoms with Crippen LogP contribution in [0.3, 0.4) is 0 Å². The molecule has 0 aromatic rings. The highest BCUT2D eigenvalue weighted by Crippen LogP contribution is 2.51. The lowest BCUT2D eigenvalue weighted by Gasteiger charge is -2.40. The fourth-order valence-corrected chi connectivity index (χ4v) is 3.19. The van der Waals surface area contributed by atoms with Gasteiger partial charge in [-0.2, -0.15) is 0 Å². The summed E-state index contributed by atoms with van der Waals surface area (Å²) in [6.45, 7) is 0.180. The molecule has 2 aliphatic heterocycles. The summed E-state index contributed by atoms with van der Waals surface area (Å²) < 4.78 is 21.0. The Balaban J connectivity index is 1.95. The number of ether oxygens (including phenoxy) is 4. The predicted octanol–water partition coefficient (Wildman–Crippen LogP) is -0.332. The van der Waals surface area contributed by atoms with Crippen molar-refractivity contribution >= 4 is 5.97 Å². The van der Waals surface area contributed by atoms with E-state index in [0.29, 0.717) is 0 Å². The quantitative estimate of drug-likeness (QED) is 0.538. The minimum Gasteiger partial charge on any atom is -0.469 e. The van der Waals surface area contributed by atoms with Crippen LogP contribution in [0.25, 0.3) is 0 Å². The zero-order chi connectivity index (χ0) is 12.9. The second kappa shape index (κ2) is 4.03. The maximum atomic E-state index is 11.9. The van der Waals surface area contributed by atoms with Crippen LogP contribution in [0.4, 0.5) is 0 Å². The number of esters is 1. The highest BCUT2D eigenvalue weighted by atomic mass is 16.8. The van der Waals surface area contributed by atoms with Crippen molar-refractivity contribution in [2.45, 2.75) is 18.2 Å².